The smallest absolute Gasteiger partial charge is 0.325 e. The first kappa shape index (κ1) is 21.7. The molecule has 1 aliphatic rings. The molecule has 1 saturated heterocycles. The van der Waals surface area contributed by atoms with E-state index in [4.69, 9.17) is 33.3 Å². The Labute approximate surface area is 174 Å². The molecule has 0 aromatic heterocycles. The third kappa shape index (κ3) is 4.63. The van der Waals surface area contributed by atoms with Gasteiger partial charge in [-0.25, -0.2) is 0 Å². The van der Waals surface area contributed by atoms with E-state index in [2.05, 4.69) is 11.3 Å². The zero-order valence-electron chi connectivity index (χ0n) is 15.9. The molecule has 0 aliphatic carbocycles. The van der Waals surface area contributed by atoms with Crippen molar-refractivity contribution in [2.75, 3.05) is 33.9 Å². The highest BCUT2D eigenvalue weighted by molar-refractivity contribution is 7.80. The summed E-state index contributed by atoms with van der Waals surface area (Å²) >= 11 is 11.6. The van der Waals surface area contributed by atoms with Crippen LogP contribution in [0.15, 0.2) is 30.5 Å². The van der Waals surface area contributed by atoms with E-state index in [9.17, 15) is 9.59 Å². The van der Waals surface area contributed by atoms with Crippen LogP contribution in [0.3, 0.4) is 0 Å². The molecular formula is C19H21ClN2O5S. The standard InChI is InChI=1S/C19H21ClN2O5S/c1-5-7-27-17-13(20)8-12(10-15(17)26-6-2)9-14-18(24)22(11-16(23)25-4)19(28)21(14)3/h5,8-10H,1,6-7,11H2,2-4H3/b14-9-. The van der Waals surface area contributed by atoms with E-state index >= 15 is 0 Å². The molecule has 0 atom stereocenters. The van der Waals surface area contributed by atoms with Crippen LogP contribution in [0.4, 0.5) is 0 Å². The zero-order chi connectivity index (χ0) is 20.8. The van der Waals surface area contributed by atoms with Crippen LogP contribution in [0.25, 0.3) is 6.08 Å². The second kappa shape index (κ2) is 9.57. The predicted octanol–water partition coefficient (Wildman–Crippen LogP) is 2.88. The Hall–Kier alpha value is -2.58. The number of halogens is 1. The first-order valence-corrected chi connectivity index (χ1v) is 9.20. The molecule has 0 N–H and O–H groups in total. The summed E-state index contributed by atoms with van der Waals surface area (Å²) in [5, 5.41) is 0.547. The average Bonchev–Trinajstić information content (AvgIpc) is 2.85. The van der Waals surface area contributed by atoms with Crippen molar-refractivity contribution in [3.8, 4) is 11.5 Å². The first-order valence-electron chi connectivity index (χ1n) is 8.42. The van der Waals surface area contributed by atoms with Gasteiger partial charge in [0.2, 0.25) is 0 Å². The largest absolute Gasteiger partial charge is 0.490 e. The fourth-order valence-corrected chi connectivity index (χ4v) is 3.04. The molecule has 1 aromatic carbocycles. The Morgan fingerprint density at radius 1 is 1.36 bits per heavy atom. The van der Waals surface area contributed by atoms with Crippen molar-refractivity contribution in [2.45, 2.75) is 6.92 Å². The molecule has 1 aromatic rings. The number of hydrogen-bond donors (Lipinski definition) is 0. The highest BCUT2D eigenvalue weighted by atomic mass is 35.5. The Balaban J connectivity index is 2.40. The number of likely N-dealkylation sites (N-methyl/N-ethyl adjacent to an activating group) is 1. The minimum absolute atomic E-state index is 0.212. The van der Waals surface area contributed by atoms with Gasteiger partial charge in [-0.1, -0.05) is 24.3 Å². The number of thiocarbonyl (C=S) groups is 1. The fourth-order valence-electron chi connectivity index (χ4n) is 2.52. The molecule has 1 fully saturated rings. The number of methoxy groups -OCH3 is 1. The summed E-state index contributed by atoms with van der Waals surface area (Å²) in [6, 6.07) is 3.37. The van der Waals surface area contributed by atoms with Gasteiger partial charge in [-0.15, -0.1) is 0 Å². The predicted molar refractivity (Wildman–Crippen MR) is 110 cm³/mol. The number of nitrogens with zero attached hydrogens (tertiary/aromatic N) is 2. The van der Waals surface area contributed by atoms with E-state index in [-0.39, 0.29) is 18.3 Å². The molecule has 0 radical (unpaired) electrons. The Morgan fingerprint density at radius 3 is 2.68 bits per heavy atom. The van der Waals surface area contributed by atoms with E-state index in [1.807, 2.05) is 6.92 Å². The zero-order valence-corrected chi connectivity index (χ0v) is 17.4. The lowest BCUT2D eigenvalue weighted by molar-refractivity contribution is -0.143. The van der Waals surface area contributed by atoms with E-state index in [1.54, 1.807) is 31.3 Å². The molecular weight excluding hydrogens is 404 g/mol. The highest BCUT2D eigenvalue weighted by Gasteiger charge is 2.37. The number of hydrogen-bond acceptors (Lipinski definition) is 6. The minimum Gasteiger partial charge on any atom is -0.490 e. The number of carbonyl (C=O) groups is 2. The molecule has 0 saturated carbocycles. The lowest BCUT2D eigenvalue weighted by Gasteiger charge is -2.15. The van der Waals surface area contributed by atoms with Crippen LogP contribution < -0.4 is 9.47 Å². The third-order valence-electron chi connectivity index (χ3n) is 3.84. The topological polar surface area (TPSA) is 68.3 Å². The van der Waals surface area contributed by atoms with Crippen molar-refractivity contribution < 1.29 is 23.8 Å². The van der Waals surface area contributed by atoms with E-state index < -0.39 is 11.9 Å². The van der Waals surface area contributed by atoms with Crippen LogP contribution in [-0.2, 0) is 14.3 Å². The monoisotopic (exact) mass is 424 g/mol. The maximum absolute atomic E-state index is 12.7. The van der Waals surface area contributed by atoms with Crippen molar-refractivity contribution in [2.24, 2.45) is 0 Å². The van der Waals surface area contributed by atoms with Gasteiger partial charge < -0.3 is 19.1 Å². The molecule has 7 nitrogen and oxygen atoms in total. The number of ether oxygens (including phenoxy) is 3. The molecule has 28 heavy (non-hydrogen) atoms. The van der Waals surface area contributed by atoms with Crippen LogP contribution in [0.2, 0.25) is 5.02 Å². The highest BCUT2D eigenvalue weighted by Crippen LogP contribution is 2.37. The van der Waals surface area contributed by atoms with Crippen molar-refractivity contribution in [1.29, 1.82) is 0 Å². The fraction of sp³-hybridized carbons (Fsp3) is 0.316. The lowest BCUT2D eigenvalue weighted by atomic mass is 10.1. The molecule has 1 aliphatic heterocycles. The average molecular weight is 425 g/mol. The summed E-state index contributed by atoms with van der Waals surface area (Å²) in [5.41, 5.74) is 0.921. The van der Waals surface area contributed by atoms with Gasteiger partial charge in [0.1, 0.15) is 18.8 Å². The summed E-state index contributed by atoms with van der Waals surface area (Å²) in [6.45, 7) is 5.89. The maximum atomic E-state index is 12.7. The van der Waals surface area contributed by atoms with Gasteiger partial charge in [0.15, 0.2) is 16.6 Å². The summed E-state index contributed by atoms with van der Waals surface area (Å²) in [7, 11) is 2.90. The van der Waals surface area contributed by atoms with Crippen LogP contribution >= 0.6 is 23.8 Å². The molecule has 150 valence electrons. The molecule has 0 bridgehead atoms. The number of amides is 1. The maximum Gasteiger partial charge on any atom is 0.325 e. The molecule has 0 spiro atoms. The number of carbonyl (C=O) groups excluding carboxylic acids is 2. The summed E-state index contributed by atoms with van der Waals surface area (Å²) in [6.07, 6.45) is 3.22. The van der Waals surface area contributed by atoms with Crippen molar-refractivity contribution in [3.05, 3.63) is 41.1 Å². The van der Waals surface area contributed by atoms with Crippen LogP contribution in [0.5, 0.6) is 11.5 Å². The Morgan fingerprint density at radius 2 is 2.07 bits per heavy atom. The van der Waals surface area contributed by atoms with E-state index in [1.165, 1.54) is 16.9 Å². The number of esters is 1. The second-order valence-corrected chi connectivity index (χ2v) is 6.47. The van der Waals surface area contributed by atoms with E-state index in [0.717, 1.165) is 0 Å². The third-order valence-corrected chi connectivity index (χ3v) is 4.61. The minimum atomic E-state index is -0.559. The van der Waals surface area contributed by atoms with Gasteiger partial charge in [-0.3, -0.25) is 14.5 Å². The number of benzene rings is 1. The molecule has 2 rings (SSSR count). The van der Waals surface area contributed by atoms with Crippen molar-refractivity contribution >= 4 is 46.9 Å². The first-order chi connectivity index (χ1) is 13.3. The van der Waals surface area contributed by atoms with Gasteiger partial charge in [0, 0.05) is 7.05 Å². The van der Waals surface area contributed by atoms with Gasteiger partial charge in [-0.05, 0) is 42.9 Å². The van der Waals surface area contributed by atoms with Crippen LogP contribution in [0, 0.1) is 0 Å². The van der Waals surface area contributed by atoms with E-state index in [0.29, 0.717) is 34.4 Å². The van der Waals surface area contributed by atoms with Crippen LogP contribution in [0.1, 0.15) is 12.5 Å². The summed E-state index contributed by atoms with van der Waals surface area (Å²) in [5.74, 6) is -0.111. The summed E-state index contributed by atoms with van der Waals surface area (Å²) in [4.78, 5) is 27.0. The SMILES string of the molecule is C=CCOc1c(Cl)cc(/C=C2/C(=O)N(CC(=O)OC)C(=S)N2C)cc1OCC. The van der Waals surface area contributed by atoms with Crippen molar-refractivity contribution in [3.63, 3.8) is 0 Å². The quantitative estimate of drug-likeness (QED) is 0.275. The lowest BCUT2D eigenvalue weighted by Crippen LogP contribution is -2.36. The van der Waals surface area contributed by atoms with Gasteiger partial charge in [0.25, 0.3) is 5.91 Å². The molecule has 0 unspecified atom stereocenters. The summed E-state index contributed by atoms with van der Waals surface area (Å²) < 4.78 is 15.8. The normalized spacial score (nSPS) is 15.2. The molecule has 1 amide bonds. The second-order valence-electron chi connectivity index (χ2n) is 5.70. The Kier molecular flexibility index (Phi) is 7.42. The Bertz CT molecular complexity index is 840. The molecule has 1 heterocycles. The van der Waals surface area contributed by atoms with Gasteiger partial charge >= 0.3 is 5.97 Å². The van der Waals surface area contributed by atoms with Gasteiger partial charge in [-0.2, -0.15) is 0 Å². The van der Waals surface area contributed by atoms with Gasteiger partial charge in [0.05, 0.1) is 18.7 Å². The molecule has 9 heteroatoms. The van der Waals surface area contributed by atoms with Crippen molar-refractivity contribution in [1.82, 2.24) is 9.80 Å². The number of rotatable bonds is 8. The van der Waals surface area contributed by atoms with Crippen LogP contribution in [-0.4, -0.2) is 60.7 Å².